The van der Waals surface area contributed by atoms with Gasteiger partial charge in [0.2, 0.25) is 11.7 Å². The first-order valence-electron chi connectivity index (χ1n) is 11.7. The van der Waals surface area contributed by atoms with Gasteiger partial charge in [0.15, 0.2) is 0 Å². The maximum Gasteiger partial charge on any atom is 0.449 e. The van der Waals surface area contributed by atoms with Gasteiger partial charge in [0, 0.05) is 29.3 Å². The lowest BCUT2D eigenvalue weighted by molar-refractivity contribution is -0.153. The third-order valence-corrected chi connectivity index (χ3v) is 6.93. The van der Waals surface area contributed by atoms with Gasteiger partial charge in [0.05, 0.1) is 11.6 Å². The third kappa shape index (κ3) is 4.96. The Balaban J connectivity index is 1.41. The molecule has 0 bridgehead atoms. The van der Waals surface area contributed by atoms with Crippen molar-refractivity contribution >= 4 is 17.7 Å². The molecule has 0 spiro atoms. The Labute approximate surface area is 205 Å². The lowest BCUT2D eigenvalue weighted by Crippen LogP contribution is -2.49. The highest BCUT2D eigenvalue weighted by molar-refractivity contribution is 6.00. The minimum Gasteiger partial charge on any atom is -0.459 e. The fraction of sp³-hybridized carbons (Fsp3) is 0.480. The fourth-order valence-electron chi connectivity index (χ4n) is 4.60. The second-order valence-electron chi connectivity index (χ2n) is 9.65. The van der Waals surface area contributed by atoms with Crippen LogP contribution in [0.15, 0.2) is 34.9 Å². The molecule has 0 radical (unpaired) electrons. The minimum absolute atomic E-state index is 0.0699. The first-order valence-corrected chi connectivity index (χ1v) is 11.7. The van der Waals surface area contributed by atoms with Crippen LogP contribution in [-0.2, 0) is 11.0 Å². The zero-order valence-corrected chi connectivity index (χ0v) is 20.0. The van der Waals surface area contributed by atoms with Crippen LogP contribution in [0.3, 0.4) is 0 Å². The van der Waals surface area contributed by atoms with E-state index in [1.54, 1.807) is 11.8 Å². The number of amides is 3. The SMILES string of the molecule is CC1CCC(C)N1C(=O)c1ccc([C@@H](C)NC(=O)C2(NC(=O)c3coc(C(F)(F)F)c3)CC2)c(F)c1. The molecule has 11 heteroatoms. The van der Waals surface area contributed by atoms with E-state index in [-0.39, 0.29) is 47.5 Å². The molecule has 1 aliphatic carbocycles. The molecule has 7 nitrogen and oxygen atoms in total. The molecule has 2 heterocycles. The number of nitrogens with zero attached hydrogens (tertiary/aromatic N) is 1. The molecule has 4 rings (SSSR count). The van der Waals surface area contributed by atoms with Crippen molar-refractivity contribution < 1.29 is 36.4 Å². The molecule has 1 aromatic heterocycles. The lowest BCUT2D eigenvalue weighted by atomic mass is 10.0. The van der Waals surface area contributed by atoms with E-state index in [1.165, 1.54) is 12.1 Å². The van der Waals surface area contributed by atoms with Crippen LogP contribution in [0.25, 0.3) is 0 Å². The van der Waals surface area contributed by atoms with Crippen molar-refractivity contribution in [3.63, 3.8) is 0 Å². The molecule has 2 N–H and O–H groups in total. The number of nitrogens with one attached hydrogen (secondary N) is 2. The van der Waals surface area contributed by atoms with Crippen LogP contribution < -0.4 is 10.6 Å². The van der Waals surface area contributed by atoms with Gasteiger partial charge in [0.25, 0.3) is 11.8 Å². The molecule has 1 aliphatic heterocycles. The van der Waals surface area contributed by atoms with Crippen molar-refractivity contribution in [1.82, 2.24) is 15.5 Å². The predicted molar refractivity (Wildman–Crippen MR) is 120 cm³/mol. The van der Waals surface area contributed by atoms with Gasteiger partial charge in [-0.15, -0.1) is 0 Å². The standard InChI is InChI=1S/C25H27F4N3O4/c1-13-4-5-14(2)32(13)22(34)16-6-7-18(19(26)10-16)15(3)30-23(35)24(8-9-24)31-21(33)17-11-20(36-12-17)25(27,28)29/h6-7,10-15H,4-5,8-9H2,1-3H3,(H,30,35)(H,31,33)/t13?,14?,15-/m1/s1. The summed E-state index contributed by atoms with van der Waals surface area (Å²) in [6.45, 7) is 5.47. The molecule has 36 heavy (non-hydrogen) atoms. The molecular weight excluding hydrogens is 482 g/mol. The maximum absolute atomic E-state index is 14.9. The summed E-state index contributed by atoms with van der Waals surface area (Å²) in [6, 6.07) is 4.04. The summed E-state index contributed by atoms with van der Waals surface area (Å²) >= 11 is 0. The number of halogens is 4. The molecule has 2 aromatic rings. The summed E-state index contributed by atoms with van der Waals surface area (Å²) in [4.78, 5) is 39.9. The van der Waals surface area contributed by atoms with Crippen molar-refractivity contribution in [2.24, 2.45) is 0 Å². The van der Waals surface area contributed by atoms with Gasteiger partial charge in [-0.25, -0.2) is 4.39 Å². The van der Waals surface area contributed by atoms with Crippen molar-refractivity contribution in [3.8, 4) is 0 Å². The molecule has 2 aliphatic rings. The molecule has 1 aromatic carbocycles. The highest BCUT2D eigenvalue weighted by atomic mass is 19.4. The number of benzene rings is 1. The second kappa shape index (κ2) is 9.25. The number of likely N-dealkylation sites (tertiary alicyclic amines) is 1. The van der Waals surface area contributed by atoms with Crippen molar-refractivity contribution in [1.29, 1.82) is 0 Å². The molecule has 2 fully saturated rings. The average molecular weight is 510 g/mol. The van der Waals surface area contributed by atoms with Crippen molar-refractivity contribution in [2.75, 3.05) is 0 Å². The van der Waals surface area contributed by atoms with Crippen LogP contribution in [-0.4, -0.2) is 40.2 Å². The summed E-state index contributed by atoms with van der Waals surface area (Å²) in [6.07, 6.45) is -1.72. The topological polar surface area (TPSA) is 91.7 Å². The maximum atomic E-state index is 14.9. The molecular formula is C25H27F4N3O4. The second-order valence-corrected chi connectivity index (χ2v) is 9.65. The zero-order valence-electron chi connectivity index (χ0n) is 20.0. The lowest BCUT2D eigenvalue weighted by Gasteiger charge is -2.26. The first kappa shape index (κ1) is 25.7. The largest absolute Gasteiger partial charge is 0.459 e. The van der Waals surface area contributed by atoms with Crippen LogP contribution >= 0.6 is 0 Å². The minimum atomic E-state index is -4.74. The van der Waals surface area contributed by atoms with Gasteiger partial charge in [-0.2, -0.15) is 13.2 Å². The number of rotatable bonds is 6. The van der Waals surface area contributed by atoms with Gasteiger partial charge in [0.1, 0.15) is 17.6 Å². The van der Waals surface area contributed by atoms with Crippen LogP contribution in [0.1, 0.15) is 84.5 Å². The Kier molecular flexibility index (Phi) is 6.61. The number of carbonyl (C=O) groups excluding carboxylic acids is 3. The molecule has 3 atom stereocenters. The molecule has 2 unspecified atom stereocenters. The summed E-state index contributed by atoms with van der Waals surface area (Å²) in [5, 5.41) is 5.11. The predicted octanol–water partition coefficient (Wildman–Crippen LogP) is 4.59. The first-order chi connectivity index (χ1) is 16.8. The zero-order chi connectivity index (χ0) is 26.4. The van der Waals surface area contributed by atoms with Gasteiger partial charge < -0.3 is 20.0 Å². The summed E-state index contributed by atoms with van der Waals surface area (Å²) < 4.78 is 57.5. The van der Waals surface area contributed by atoms with Crippen molar-refractivity contribution in [3.05, 3.63) is 58.8 Å². The van der Waals surface area contributed by atoms with Crippen LogP contribution in [0.2, 0.25) is 0 Å². The van der Waals surface area contributed by atoms with E-state index in [1.807, 2.05) is 13.8 Å². The van der Waals surface area contributed by atoms with Gasteiger partial charge in [-0.05, 0) is 58.6 Å². The highest BCUT2D eigenvalue weighted by Gasteiger charge is 2.52. The summed E-state index contributed by atoms with van der Waals surface area (Å²) in [5.74, 6) is -3.68. The Bertz CT molecular complexity index is 1180. The number of hydrogen-bond donors (Lipinski definition) is 2. The fourth-order valence-corrected chi connectivity index (χ4v) is 4.60. The summed E-state index contributed by atoms with van der Waals surface area (Å²) in [5.41, 5.74) is -1.27. The molecule has 3 amide bonds. The number of carbonyl (C=O) groups is 3. The van der Waals surface area contributed by atoms with E-state index in [4.69, 9.17) is 0 Å². The molecule has 1 saturated heterocycles. The van der Waals surface area contributed by atoms with Crippen LogP contribution in [0.4, 0.5) is 17.6 Å². The van der Waals surface area contributed by atoms with E-state index in [2.05, 4.69) is 15.1 Å². The van der Waals surface area contributed by atoms with E-state index in [0.29, 0.717) is 12.3 Å². The Morgan fingerprint density at radius 1 is 1.08 bits per heavy atom. The normalized spacial score (nSPS) is 21.7. The summed E-state index contributed by atoms with van der Waals surface area (Å²) in [7, 11) is 0. The van der Waals surface area contributed by atoms with Gasteiger partial charge in [-0.1, -0.05) is 6.07 Å². The van der Waals surface area contributed by atoms with Crippen molar-refractivity contribution in [2.45, 2.75) is 76.3 Å². The van der Waals surface area contributed by atoms with E-state index < -0.39 is 41.1 Å². The number of hydrogen-bond acceptors (Lipinski definition) is 4. The van der Waals surface area contributed by atoms with Crippen LogP contribution in [0.5, 0.6) is 0 Å². The van der Waals surface area contributed by atoms with E-state index in [0.717, 1.165) is 18.9 Å². The number of alkyl halides is 3. The average Bonchev–Trinajstić information content (AvgIpc) is 3.24. The highest BCUT2D eigenvalue weighted by Crippen LogP contribution is 2.37. The Hall–Kier alpha value is -3.37. The van der Waals surface area contributed by atoms with Gasteiger partial charge >= 0.3 is 6.18 Å². The quantitative estimate of drug-likeness (QED) is 0.558. The number of furan rings is 1. The van der Waals surface area contributed by atoms with Gasteiger partial charge in [-0.3, -0.25) is 14.4 Å². The smallest absolute Gasteiger partial charge is 0.449 e. The monoisotopic (exact) mass is 509 g/mol. The van der Waals surface area contributed by atoms with Crippen LogP contribution in [0, 0.1) is 5.82 Å². The molecule has 1 saturated carbocycles. The Morgan fingerprint density at radius 3 is 2.25 bits per heavy atom. The Morgan fingerprint density at radius 2 is 1.72 bits per heavy atom. The van der Waals surface area contributed by atoms with E-state index in [9.17, 15) is 31.9 Å². The van der Waals surface area contributed by atoms with E-state index >= 15 is 0 Å². The molecule has 194 valence electrons. The third-order valence-electron chi connectivity index (χ3n) is 6.93.